The Balaban J connectivity index is 2.09. The lowest BCUT2D eigenvalue weighted by atomic mass is 9.74. The first kappa shape index (κ1) is 19.3. The predicted molar refractivity (Wildman–Crippen MR) is 99.4 cm³/mol. The molecule has 2 saturated heterocycles. The highest BCUT2D eigenvalue weighted by molar-refractivity contribution is 6.83. The van der Waals surface area contributed by atoms with Gasteiger partial charge in [-0.1, -0.05) is 19.6 Å². The molecule has 1 amide bonds. The van der Waals surface area contributed by atoms with Crippen LogP contribution in [0.2, 0.25) is 19.6 Å². The molecule has 2 bridgehead atoms. The zero-order chi connectivity index (χ0) is 18.2. The van der Waals surface area contributed by atoms with Crippen molar-refractivity contribution in [2.24, 2.45) is 0 Å². The number of hydrogen-bond donors (Lipinski definition) is 1. The number of hydrogen-bond acceptors (Lipinski definition) is 3. The number of nitrogens with zero attached hydrogens (tertiary/aromatic N) is 1. The maximum Gasteiger partial charge on any atom is 0.410 e. The Bertz CT molecular complexity index is 522. The Kier molecular flexibility index (Phi) is 5.42. The molecule has 0 radical (unpaired) electrons. The highest BCUT2D eigenvalue weighted by Gasteiger charge is 2.48. The van der Waals surface area contributed by atoms with Gasteiger partial charge in [-0.15, -0.1) is 11.5 Å². The van der Waals surface area contributed by atoms with Gasteiger partial charge in [-0.05, 0) is 52.9 Å². The summed E-state index contributed by atoms with van der Waals surface area (Å²) in [7, 11) is -1.42. The van der Waals surface area contributed by atoms with Crippen molar-refractivity contribution in [3.8, 4) is 11.5 Å². The van der Waals surface area contributed by atoms with E-state index in [1.807, 2.05) is 25.7 Å². The average Bonchev–Trinajstić information content (AvgIpc) is 2.33. The zero-order valence-electron chi connectivity index (χ0n) is 16.1. The van der Waals surface area contributed by atoms with Crippen molar-refractivity contribution >= 4 is 14.2 Å². The summed E-state index contributed by atoms with van der Waals surface area (Å²) in [6.45, 7) is 12.3. The van der Waals surface area contributed by atoms with E-state index in [-0.39, 0.29) is 18.2 Å². The Hall–Kier alpha value is -0.993. The standard InChI is InChI=1S/C19H33NO3Si/c1-18(2,3)23-17(21)20-15-9-7-10-16(20)14-19(22,13-15)11-8-12-24(4,5)6/h15-16,22H,7,9-11,13-14H2,1-6H3. The Labute approximate surface area is 148 Å². The molecule has 1 N–H and O–H groups in total. The SMILES string of the molecule is CC(C)(C)OC(=O)N1C2CCCC1CC(O)(CC#C[Si](C)(C)C)C2. The van der Waals surface area contributed by atoms with Crippen molar-refractivity contribution < 1.29 is 14.6 Å². The lowest BCUT2D eigenvalue weighted by Crippen LogP contribution is -2.60. The number of aliphatic hydroxyl groups is 1. The maximum atomic E-state index is 12.6. The zero-order valence-corrected chi connectivity index (χ0v) is 17.1. The maximum absolute atomic E-state index is 12.6. The van der Waals surface area contributed by atoms with Crippen LogP contribution in [0, 0.1) is 11.5 Å². The molecule has 0 aromatic rings. The van der Waals surface area contributed by atoms with Gasteiger partial charge in [0.05, 0.1) is 5.60 Å². The third-order valence-electron chi connectivity index (χ3n) is 4.58. The van der Waals surface area contributed by atoms with E-state index < -0.39 is 19.3 Å². The van der Waals surface area contributed by atoms with Crippen LogP contribution in [-0.4, -0.2) is 47.5 Å². The minimum Gasteiger partial charge on any atom is -0.444 e. The molecular formula is C19H33NO3Si. The van der Waals surface area contributed by atoms with Crippen molar-refractivity contribution in [3.63, 3.8) is 0 Å². The molecule has 2 unspecified atom stereocenters. The molecule has 2 heterocycles. The predicted octanol–water partition coefficient (Wildman–Crippen LogP) is 3.94. The van der Waals surface area contributed by atoms with Gasteiger partial charge in [0.2, 0.25) is 0 Å². The smallest absolute Gasteiger partial charge is 0.410 e. The quantitative estimate of drug-likeness (QED) is 0.575. The molecular weight excluding hydrogens is 318 g/mol. The summed E-state index contributed by atoms with van der Waals surface area (Å²) in [6, 6.07) is 0.150. The van der Waals surface area contributed by atoms with E-state index in [1.165, 1.54) is 0 Å². The van der Waals surface area contributed by atoms with Gasteiger partial charge in [-0.2, -0.15) is 0 Å². The fourth-order valence-electron chi connectivity index (χ4n) is 3.76. The largest absolute Gasteiger partial charge is 0.444 e. The second-order valence-corrected chi connectivity index (χ2v) is 14.2. The van der Waals surface area contributed by atoms with Crippen LogP contribution >= 0.6 is 0 Å². The molecule has 24 heavy (non-hydrogen) atoms. The summed E-state index contributed by atoms with van der Waals surface area (Å²) in [6.07, 6.45) is 4.52. The number of carbonyl (C=O) groups excluding carboxylic acids is 1. The third kappa shape index (κ3) is 5.25. The van der Waals surface area contributed by atoms with E-state index in [4.69, 9.17) is 4.74 Å². The second-order valence-electron chi connectivity index (χ2n) is 9.49. The first-order valence-corrected chi connectivity index (χ1v) is 12.6. The molecule has 0 aromatic carbocycles. The van der Waals surface area contributed by atoms with Gasteiger partial charge < -0.3 is 14.7 Å². The van der Waals surface area contributed by atoms with Crippen LogP contribution in [0.25, 0.3) is 0 Å². The van der Waals surface area contributed by atoms with E-state index >= 15 is 0 Å². The molecule has 4 nitrogen and oxygen atoms in total. The number of fused-ring (bicyclic) bond motifs is 2. The Morgan fingerprint density at radius 2 is 1.79 bits per heavy atom. The van der Waals surface area contributed by atoms with E-state index in [2.05, 4.69) is 31.1 Å². The summed E-state index contributed by atoms with van der Waals surface area (Å²) in [4.78, 5) is 14.5. The number of piperidine rings is 2. The van der Waals surface area contributed by atoms with E-state index in [0.717, 1.165) is 19.3 Å². The van der Waals surface area contributed by atoms with Gasteiger partial charge in [-0.25, -0.2) is 4.79 Å². The van der Waals surface area contributed by atoms with Gasteiger partial charge >= 0.3 is 6.09 Å². The third-order valence-corrected chi connectivity index (χ3v) is 5.50. The molecule has 0 aliphatic carbocycles. The lowest BCUT2D eigenvalue weighted by Gasteiger charge is -2.51. The highest BCUT2D eigenvalue weighted by Crippen LogP contribution is 2.41. The number of amides is 1. The normalized spacial score (nSPS) is 30.4. The average molecular weight is 352 g/mol. The minimum atomic E-state index is -1.42. The van der Waals surface area contributed by atoms with Crippen LogP contribution in [0.3, 0.4) is 0 Å². The fraction of sp³-hybridized carbons (Fsp3) is 0.842. The van der Waals surface area contributed by atoms with Crippen molar-refractivity contribution in [3.05, 3.63) is 0 Å². The van der Waals surface area contributed by atoms with Crippen LogP contribution in [0.4, 0.5) is 4.79 Å². The topological polar surface area (TPSA) is 49.8 Å². The van der Waals surface area contributed by atoms with Crippen LogP contribution in [0.15, 0.2) is 0 Å². The van der Waals surface area contributed by atoms with Gasteiger partial charge in [0.1, 0.15) is 13.7 Å². The molecule has 2 aliphatic rings. The second kappa shape index (κ2) is 6.72. The van der Waals surface area contributed by atoms with Crippen LogP contribution in [0.5, 0.6) is 0 Å². The summed E-state index contributed by atoms with van der Waals surface area (Å²) in [5.41, 5.74) is 2.10. The van der Waals surface area contributed by atoms with Gasteiger partial charge in [-0.3, -0.25) is 0 Å². The van der Waals surface area contributed by atoms with E-state index in [0.29, 0.717) is 19.3 Å². The van der Waals surface area contributed by atoms with Crippen molar-refractivity contribution in [1.29, 1.82) is 0 Å². The lowest BCUT2D eigenvalue weighted by molar-refractivity contribution is -0.0898. The van der Waals surface area contributed by atoms with Crippen LogP contribution < -0.4 is 0 Å². The monoisotopic (exact) mass is 351 g/mol. The van der Waals surface area contributed by atoms with E-state index in [9.17, 15) is 9.90 Å². The highest BCUT2D eigenvalue weighted by atomic mass is 28.3. The summed E-state index contributed by atoms with van der Waals surface area (Å²) in [5, 5.41) is 11.0. The molecule has 0 saturated carbocycles. The summed E-state index contributed by atoms with van der Waals surface area (Å²) in [5.74, 6) is 3.23. The Morgan fingerprint density at radius 1 is 1.25 bits per heavy atom. The summed E-state index contributed by atoms with van der Waals surface area (Å²) < 4.78 is 5.59. The van der Waals surface area contributed by atoms with Gasteiger partial charge in [0, 0.05) is 18.5 Å². The fourth-order valence-corrected chi connectivity index (χ4v) is 4.38. The van der Waals surface area contributed by atoms with Crippen LogP contribution in [-0.2, 0) is 4.74 Å². The molecule has 5 heteroatoms. The van der Waals surface area contributed by atoms with Gasteiger partial charge in [0.25, 0.3) is 0 Å². The van der Waals surface area contributed by atoms with Crippen LogP contribution in [0.1, 0.15) is 59.3 Å². The molecule has 136 valence electrons. The number of carbonyl (C=O) groups is 1. The Morgan fingerprint density at radius 3 is 2.25 bits per heavy atom. The van der Waals surface area contributed by atoms with Crippen molar-refractivity contribution in [2.45, 2.75) is 102 Å². The van der Waals surface area contributed by atoms with Gasteiger partial charge in [0.15, 0.2) is 0 Å². The first-order chi connectivity index (χ1) is 10.9. The molecule has 2 aliphatic heterocycles. The molecule has 2 fully saturated rings. The van der Waals surface area contributed by atoms with Crippen molar-refractivity contribution in [2.75, 3.05) is 0 Å². The van der Waals surface area contributed by atoms with E-state index in [1.54, 1.807) is 0 Å². The number of ether oxygens (including phenoxy) is 1. The summed E-state index contributed by atoms with van der Waals surface area (Å²) >= 11 is 0. The molecule has 0 spiro atoms. The molecule has 2 rings (SSSR count). The minimum absolute atomic E-state index is 0.0750. The molecule has 2 atom stereocenters. The number of rotatable bonds is 1. The first-order valence-electron chi connectivity index (χ1n) is 9.12. The van der Waals surface area contributed by atoms with Crippen molar-refractivity contribution in [1.82, 2.24) is 4.90 Å². The molecule has 0 aromatic heterocycles.